The number of oxime groups is 1. The molecule has 0 saturated carbocycles. The Morgan fingerprint density at radius 2 is 1.81 bits per heavy atom. The Kier molecular flexibility index (Phi) is 5.57. The van der Waals surface area contributed by atoms with Crippen LogP contribution in [0.25, 0.3) is 0 Å². The molecule has 0 spiro atoms. The predicted octanol–water partition coefficient (Wildman–Crippen LogP) is 5.03. The molecule has 0 bridgehead atoms. The lowest BCUT2D eigenvalue weighted by Gasteiger charge is -2.29. The molecule has 5 nitrogen and oxygen atoms in total. The molecule has 0 amide bonds. The largest absolute Gasteiger partial charge is 0.473 e. The van der Waals surface area contributed by atoms with Crippen LogP contribution in [0.15, 0.2) is 34.2 Å². The van der Waals surface area contributed by atoms with Crippen molar-refractivity contribution in [2.75, 3.05) is 0 Å². The number of halogens is 6. The molecular formula is C20H18F6N2O3. The van der Waals surface area contributed by atoms with E-state index in [9.17, 15) is 31.1 Å². The number of rotatable bonds is 3. The van der Waals surface area contributed by atoms with Gasteiger partial charge >= 0.3 is 12.4 Å². The molecule has 0 fully saturated rings. The van der Waals surface area contributed by atoms with Crippen molar-refractivity contribution in [2.24, 2.45) is 5.16 Å². The number of hydrogen-bond acceptors (Lipinski definition) is 4. The number of nitrogens with one attached hydrogen (secondary N) is 1. The Hall–Kier alpha value is -2.98. The third-order valence-electron chi connectivity index (χ3n) is 5.21. The van der Waals surface area contributed by atoms with Gasteiger partial charge in [0.1, 0.15) is 6.61 Å². The maximum Gasteiger partial charge on any atom is 0.435 e. The van der Waals surface area contributed by atoms with Crippen molar-refractivity contribution < 1.29 is 35.9 Å². The Labute approximate surface area is 172 Å². The van der Waals surface area contributed by atoms with Gasteiger partial charge in [0.25, 0.3) is 5.60 Å². The van der Waals surface area contributed by atoms with Crippen LogP contribution in [-0.4, -0.2) is 17.1 Å². The van der Waals surface area contributed by atoms with Gasteiger partial charge in [-0.3, -0.25) is 4.79 Å². The SMILES string of the molecule is Cc1[nH]c(C)c(COC2=NOC(c3cccc(C(F)(F)F)c3)(C(F)(F)F)C2)c(=O)c1C. The fourth-order valence-electron chi connectivity index (χ4n) is 3.25. The van der Waals surface area contributed by atoms with Crippen LogP contribution in [0.3, 0.4) is 0 Å². The second-order valence-electron chi connectivity index (χ2n) is 7.25. The van der Waals surface area contributed by atoms with Crippen molar-refractivity contribution in [1.82, 2.24) is 4.98 Å². The zero-order valence-electron chi connectivity index (χ0n) is 16.7. The normalized spacial score (nSPS) is 19.2. The summed E-state index contributed by atoms with van der Waals surface area (Å²) < 4.78 is 86.0. The van der Waals surface area contributed by atoms with Crippen LogP contribution in [0.1, 0.15) is 40.1 Å². The van der Waals surface area contributed by atoms with Gasteiger partial charge in [0, 0.05) is 22.5 Å². The average molecular weight is 448 g/mol. The summed E-state index contributed by atoms with van der Waals surface area (Å²) in [5.74, 6) is -0.480. The number of H-pyrrole nitrogens is 1. The smallest absolute Gasteiger partial charge is 0.435 e. The van der Waals surface area contributed by atoms with E-state index >= 15 is 0 Å². The summed E-state index contributed by atoms with van der Waals surface area (Å²) in [6.07, 6.45) is -10.9. The molecule has 11 heteroatoms. The van der Waals surface area contributed by atoms with Gasteiger partial charge in [-0.25, -0.2) is 0 Å². The highest BCUT2D eigenvalue weighted by Gasteiger charge is 2.63. The molecule has 2 heterocycles. The lowest BCUT2D eigenvalue weighted by Crippen LogP contribution is -2.43. The van der Waals surface area contributed by atoms with Gasteiger partial charge in [0.2, 0.25) is 5.90 Å². The second kappa shape index (κ2) is 7.61. The highest BCUT2D eigenvalue weighted by molar-refractivity contribution is 5.78. The molecule has 1 aliphatic rings. The number of nitrogens with zero attached hydrogens (tertiary/aromatic N) is 1. The first-order valence-electron chi connectivity index (χ1n) is 9.07. The third kappa shape index (κ3) is 4.13. The molecule has 31 heavy (non-hydrogen) atoms. The standard InChI is InChI=1S/C20H18F6N2O3/c1-10-11(2)27-12(3)15(17(10)29)9-30-16-8-18(31-28-16,20(24,25)26)13-5-4-6-14(7-13)19(21,22)23/h4-7H,8-9H2,1-3H3,(H,27,29). The number of aryl methyl sites for hydroxylation is 2. The summed E-state index contributed by atoms with van der Waals surface area (Å²) in [6.45, 7) is 4.54. The lowest BCUT2D eigenvalue weighted by atomic mass is 9.88. The summed E-state index contributed by atoms with van der Waals surface area (Å²) in [5, 5.41) is 3.32. The fraction of sp³-hybridized carbons (Fsp3) is 0.400. The Morgan fingerprint density at radius 1 is 1.13 bits per heavy atom. The molecule has 2 aromatic rings. The van der Waals surface area contributed by atoms with Crippen molar-refractivity contribution in [3.63, 3.8) is 0 Å². The van der Waals surface area contributed by atoms with E-state index in [0.717, 1.165) is 12.1 Å². The molecule has 0 aliphatic carbocycles. The number of aromatic nitrogens is 1. The monoisotopic (exact) mass is 448 g/mol. The minimum atomic E-state index is -5.08. The Morgan fingerprint density at radius 3 is 2.42 bits per heavy atom. The molecule has 1 N–H and O–H groups in total. The van der Waals surface area contributed by atoms with E-state index in [1.165, 1.54) is 0 Å². The Bertz CT molecular complexity index is 1090. The number of benzene rings is 1. The lowest BCUT2D eigenvalue weighted by molar-refractivity contribution is -0.276. The molecular weight excluding hydrogens is 430 g/mol. The minimum Gasteiger partial charge on any atom is -0.473 e. The van der Waals surface area contributed by atoms with Crippen molar-refractivity contribution in [3.8, 4) is 0 Å². The van der Waals surface area contributed by atoms with Crippen LogP contribution in [0.5, 0.6) is 0 Å². The van der Waals surface area contributed by atoms with Crippen LogP contribution < -0.4 is 5.43 Å². The highest BCUT2D eigenvalue weighted by atomic mass is 19.4. The van der Waals surface area contributed by atoms with Crippen LogP contribution in [0.2, 0.25) is 0 Å². The van der Waals surface area contributed by atoms with E-state index in [1.807, 2.05) is 0 Å². The van der Waals surface area contributed by atoms with Gasteiger partial charge in [-0.05, 0) is 32.9 Å². The molecule has 0 radical (unpaired) electrons. The average Bonchev–Trinajstić information content (AvgIpc) is 3.11. The fourth-order valence-corrected chi connectivity index (χ4v) is 3.25. The molecule has 1 aromatic carbocycles. The number of pyridine rings is 1. The first kappa shape index (κ1) is 22.7. The first-order valence-corrected chi connectivity index (χ1v) is 9.07. The van der Waals surface area contributed by atoms with E-state index in [0.29, 0.717) is 29.1 Å². The van der Waals surface area contributed by atoms with Gasteiger partial charge in [-0.1, -0.05) is 17.3 Å². The summed E-state index contributed by atoms with van der Waals surface area (Å²) in [5.41, 5.74) is -3.69. The molecule has 0 saturated heterocycles. The molecule has 3 rings (SSSR count). The number of alkyl halides is 6. The molecule has 1 atom stereocenters. The van der Waals surface area contributed by atoms with Crippen molar-refractivity contribution in [2.45, 2.75) is 51.8 Å². The zero-order chi connectivity index (χ0) is 23.2. The predicted molar refractivity (Wildman–Crippen MR) is 98.4 cm³/mol. The number of hydrogen-bond donors (Lipinski definition) is 1. The zero-order valence-corrected chi connectivity index (χ0v) is 16.7. The van der Waals surface area contributed by atoms with Crippen molar-refractivity contribution >= 4 is 5.90 Å². The molecule has 168 valence electrons. The van der Waals surface area contributed by atoms with E-state index in [1.54, 1.807) is 20.8 Å². The maximum absolute atomic E-state index is 13.9. The van der Waals surface area contributed by atoms with Gasteiger partial charge in [0.15, 0.2) is 5.43 Å². The highest BCUT2D eigenvalue weighted by Crippen LogP contribution is 2.49. The maximum atomic E-state index is 13.9. The summed E-state index contributed by atoms with van der Waals surface area (Å²) in [6, 6.07) is 2.80. The first-order chi connectivity index (χ1) is 14.3. The summed E-state index contributed by atoms with van der Waals surface area (Å²) in [4.78, 5) is 20.0. The van der Waals surface area contributed by atoms with E-state index < -0.39 is 41.4 Å². The van der Waals surface area contributed by atoms with Crippen LogP contribution in [0.4, 0.5) is 26.3 Å². The minimum absolute atomic E-state index is 0.203. The number of ether oxygens (including phenoxy) is 1. The van der Waals surface area contributed by atoms with Crippen molar-refractivity contribution in [1.29, 1.82) is 0 Å². The topological polar surface area (TPSA) is 63.7 Å². The molecule has 1 aromatic heterocycles. The summed E-state index contributed by atoms with van der Waals surface area (Å²) in [7, 11) is 0. The quantitative estimate of drug-likeness (QED) is 0.671. The molecule has 1 aliphatic heterocycles. The van der Waals surface area contributed by atoms with Crippen LogP contribution in [0, 0.1) is 20.8 Å². The second-order valence-corrected chi connectivity index (χ2v) is 7.25. The molecule has 1 unspecified atom stereocenters. The van der Waals surface area contributed by atoms with E-state index in [-0.39, 0.29) is 17.6 Å². The number of aromatic amines is 1. The van der Waals surface area contributed by atoms with Crippen molar-refractivity contribution in [3.05, 3.63) is 68.1 Å². The Balaban J connectivity index is 1.88. The van der Waals surface area contributed by atoms with E-state index in [4.69, 9.17) is 4.74 Å². The third-order valence-corrected chi connectivity index (χ3v) is 5.21. The van der Waals surface area contributed by atoms with Gasteiger partial charge in [0.05, 0.1) is 17.5 Å². The van der Waals surface area contributed by atoms with Crippen LogP contribution in [-0.2, 0) is 28.0 Å². The van der Waals surface area contributed by atoms with Crippen LogP contribution >= 0.6 is 0 Å². The van der Waals surface area contributed by atoms with Gasteiger partial charge < -0.3 is 14.6 Å². The van der Waals surface area contributed by atoms with E-state index in [2.05, 4.69) is 15.0 Å². The van der Waals surface area contributed by atoms with Gasteiger partial charge in [-0.2, -0.15) is 26.3 Å². The summed E-state index contributed by atoms with van der Waals surface area (Å²) >= 11 is 0. The van der Waals surface area contributed by atoms with Gasteiger partial charge in [-0.15, -0.1) is 0 Å².